The molecule has 5 heteroatoms. The number of hydrogen-bond donors (Lipinski definition) is 1. The third-order valence-corrected chi connectivity index (χ3v) is 1.91. The zero-order valence-corrected chi connectivity index (χ0v) is 10.8. The first-order valence-electron chi connectivity index (χ1n) is 5.84. The first-order chi connectivity index (χ1) is 9.93. The summed E-state index contributed by atoms with van der Waals surface area (Å²) < 4.78 is 0. The Kier molecular flexibility index (Phi) is 8.20. The Labute approximate surface area is 117 Å². The summed E-state index contributed by atoms with van der Waals surface area (Å²) in [5.74, 6) is 0. The van der Waals surface area contributed by atoms with E-state index in [0.717, 1.165) is 0 Å². The molecule has 1 rings (SSSR count). The average Bonchev–Trinajstić information content (AvgIpc) is 2.47. The van der Waals surface area contributed by atoms with E-state index in [2.05, 4.69) is 22.0 Å². The maximum Gasteiger partial charge on any atom is 0.121 e. The van der Waals surface area contributed by atoms with Gasteiger partial charge in [0.1, 0.15) is 6.26 Å². The Hall–Kier alpha value is -3.13. The molecule has 0 aromatic carbocycles. The summed E-state index contributed by atoms with van der Waals surface area (Å²) in [7, 11) is 0. The van der Waals surface area contributed by atoms with Crippen molar-refractivity contribution in [2.24, 2.45) is 10.3 Å². The largest absolute Gasteiger partial charge is 0.372 e. The lowest BCUT2D eigenvalue weighted by Crippen LogP contribution is -1.98. The second kappa shape index (κ2) is 11.0. The minimum absolute atomic E-state index is 0.539. The Morgan fingerprint density at radius 3 is 2.50 bits per heavy atom. The van der Waals surface area contributed by atoms with Gasteiger partial charge in [0, 0.05) is 0 Å². The first-order valence-corrected chi connectivity index (χ1v) is 5.84. The van der Waals surface area contributed by atoms with Crippen molar-refractivity contribution in [3.05, 3.63) is 84.9 Å². The lowest BCUT2D eigenvalue weighted by molar-refractivity contribution is 0.131. The highest BCUT2D eigenvalue weighted by Gasteiger charge is 1.83. The lowest BCUT2D eigenvalue weighted by atomic mass is 10.2. The molecule has 20 heavy (non-hydrogen) atoms. The quantitative estimate of drug-likeness (QED) is 0.728. The van der Waals surface area contributed by atoms with Gasteiger partial charge in [0.2, 0.25) is 0 Å². The summed E-state index contributed by atoms with van der Waals surface area (Å²) in [6.45, 7) is 0. The van der Waals surface area contributed by atoms with E-state index in [9.17, 15) is 0 Å². The Bertz CT molecular complexity index is 555. The molecule has 100 valence electrons. The molecule has 0 saturated carbocycles. The van der Waals surface area contributed by atoms with E-state index in [0.29, 0.717) is 5.57 Å². The van der Waals surface area contributed by atoms with Crippen molar-refractivity contribution < 1.29 is 4.84 Å². The van der Waals surface area contributed by atoms with Crippen LogP contribution in [0.25, 0.3) is 0 Å². The van der Waals surface area contributed by atoms with Gasteiger partial charge in [0.25, 0.3) is 0 Å². The van der Waals surface area contributed by atoms with Gasteiger partial charge in [-0.1, -0.05) is 42.5 Å². The first kappa shape index (κ1) is 14.9. The number of hydrogen-bond acceptors (Lipinski definition) is 5. The minimum Gasteiger partial charge on any atom is -0.372 e. The van der Waals surface area contributed by atoms with E-state index in [1.807, 2.05) is 24.3 Å². The fraction of sp³-hybridized carbons (Fsp3) is 0. The predicted octanol–water partition coefficient (Wildman–Crippen LogP) is 3.59. The van der Waals surface area contributed by atoms with Gasteiger partial charge in [0.15, 0.2) is 0 Å². The molecule has 0 spiro atoms. The second-order valence-corrected chi connectivity index (χ2v) is 3.34. The smallest absolute Gasteiger partial charge is 0.121 e. The van der Waals surface area contributed by atoms with Crippen LogP contribution in [0.2, 0.25) is 0 Å². The zero-order valence-electron chi connectivity index (χ0n) is 10.8. The molecule has 0 bridgehead atoms. The minimum atomic E-state index is 0.539. The summed E-state index contributed by atoms with van der Waals surface area (Å²) in [4.78, 5) is 4.83. The monoisotopic (exact) mass is 266 g/mol. The molecule has 0 aromatic heterocycles. The Morgan fingerprint density at radius 2 is 1.70 bits per heavy atom. The zero-order chi connectivity index (χ0) is 14.3. The third kappa shape index (κ3) is 8.03. The van der Waals surface area contributed by atoms with Gasteiger partial charge in [-0.3, -0.25) is 0 Å². The number of nitrogens with zero attached hydrogens (tertiary/aromatic N) is 3. The maximum atomic E-state index is 8.91. The molecule has 0 radical (unpaired) electrons. The van der Waals surface area contributed by atoms with Crippen molar-refractivity contribution in [1.82, 2.24) is 5.59 Å². The molecule has 1 heterocycles. The molecule has 1 N–H and O–H groups in total. The van der Waals surface area contributed by atoms with Crippen molar-refractivity contribution in [1.29, 1.82) is 5.26 Å². The van der Waals surface area contributed by atoms with E-state index in [-0.39, 0.29) is 0 Å². The predicted molar refractivity (Wildman–Crippen MR) is 77.6 cm³/mol. The third-order valence-electron chi connectivity index (χ3n) is 1.91. The van der Waals surface area contributed by atoms with Gasteiger partial charge in [0.05, 0.1) is 17.8 Å². The van der Waals surface area contributed by atoms with Gasteiger partial charge in [-0.2, -0.15) is 5.26 Å². The average molecular weight is 266 g/mol. The second-order valence-electron chi connectivity index (χ2n) is 3.34. The van der Waals surface area contributed by atoms with Crippen molar-refractivity contribution >= 4 is 0 Å². The molecule has 1 aliphatic rings. The van der Waals surface area contributed by atoms with E-state index >= 15 is 0 Å². The van der Waals surface area contributed by atoms with Crippen molar-refractivity contribution in [2.75, 3.05) is 0 Å². The number of rotatable bonds is 0. The summed E-state index contributed by atoms with van der Waals surface area (Å²) in [6.07, 6.45) is 22.3. The summed E-state index contributed by atoms with van der Waals surface area (Å²) in [6, 6.07) is 2.08. The van der Waals surface area contributed by atoms with Crippen LogP contribution < -0.4 is 5.59 Å². The van der Waals surface area contributed by atoms with Crippen molar-refractivity contribution in [3.63, 3.8) is 0 Å². The molecule has 0 atom stereocenters. The highest BCUT2D eigenvalue weighted by molar-refractivity contribution is 5.37. The number of nitriles is 1. The van der Waals surface area contributed by atoms with Crippen LogP contribution in [0.3, 0.4) is 0 Å². The van der Waals surface area contributed by atoms with E-state index < -0.39 is 0 Å². The molecule has 5 nitrogen and oxygen atoms in total. The summed E-state index contributed by atoms with van der Waals surface area (Å²) in [5, 5.41) is 16.1. The molecule has 0 unspecified atom stereocenters. The van der Waals surface area contributed by atoms with Crippen LogP contribution in [0.15, 0.2) is 95.2 Å². The lowest BCUT2D eigenvalue weighted by Gasteiger charge is -1.91. The number of allylic oxidation sites excluding steroid dienone is 12. The topological polar surface area (TPSA) is 69.8 Å². The van der Waals surface area contributed by atoms with Gasteiger partial charge >= 0.3 is 0 Å². The van der Waals surface area contributed by atoms with Crippen LogP contribution in [0.1, 0.15) is 0 Å². The molecular weight excluding hydrogens is 252 g/mol. The van der Waals surface area contributed by atoms with Crippen LogP contribution >= 0.6 is 0 Å². The van der Waals surface area contributed by atoms with Crippen LogP contribution in [-0.2, 0) is 4.84 Å². The van der Waals surface area contributed by atoms with Crippen molar-refractivity contribution in [2.45, 2.75) is 0 Å². The standard InChI is InChI=1S/C15H14N4O/c16-14-15-10-6-4-2-1-3-5-9-13-20-19-18-17-12-8-7-11-15/h1-13H,(H,17,19)/b2-1-,5-3-,6-4-,11-7-,12-8-,13-9-,15-10+. The fourth-order valence-corrected chi connectivity index (χ4v) is 1.05. The molecule has 0 saturated heterocycles. The van der Waals surface area contributed by atoms with Gasteiger partial charge in [-0.15, -0.1) is 10.7 Å². The van der Waals surface area contributed by atoms with Crippen LogP contribution in [0.4, 0.5) is 0 Å². The van der Waals surface area contributed by atoms with Crippen LogP contribution in [0, 0.1) is 11.3 Å². The number of nitrogens with one attached hydrogen (secondary N) is 1. The molecule has 0 aromatic rings. The summed E-state index contributed by atoms with van der Waals surface area (Å²) in [5.41, 5.74) is 2.82. The van der Waals surface area contributed by atoms with E-state index in [4.69, 9.17) is 10.1 Å². The van der Waals surface area contributed by atoms with Gasteiger partial charge in [-0.05, 0) is 29.5 Å². The van der Waals surface area contributed by atoms with Gasteiger partial charge in [-0.25, -0.2) is 0 Å². The Morgan fingerprint density at radius 1 is 0.950 bits per heavy atom. The highest BCUT2D eigenvalue weighted by atomic mass is 16.7. The molecule has 0 amide bonds. The van der Waals surface area contributed by atoms with E-state index in [1.54, 1.807) is 42.5 Å². The summed E-state index contributed by atoms with van der Waals surface area (Å²) >= 11 is 0. The van der Waals surface area contributed by atoms with E-state index in [1.165, 1.54) is 12.5 Å². The molecule has 0 aliphatic carbocycles. The van der Waals surface area contributed by atoms with Crippen LogP contribution in [0.5, 0.6) is 0 Å². The van der Waals surface area contributed by atoms with Crippen LogP contribution in [-0.4, -0.2) is 0 Å². The fourth-order valence-electron chi connectivity index (χ4n) is 1.05. The maximum absolute atomic E-state index is 8.91. The highest BCUT2D eigenvalue weighted by Crippen LogP contribution is 1.96. The van der Waals surface area contributed by atoms with Gasteiger partial charge < -0.3 is 4.84 Å². The SMILES string of the molecule is N#CC1=C/C=C\C=C/C=C\C=C/ONN=N\C=C/C=C\1. The molecule has 1 aliphatic heterocycles. The normalized spacial score (nSPS) is 27.9. The molecule has 0 fully saturated rings. The Balaban J connectivity index is 2.78. The van der Waals surface area contributed by atoms with Crippen molar-refractivity contribution in [3.8, 4) is 6.07 Å². The molecular formula is C15H14N4O.